The van der Waals surface area contributed by atoms with Crippen LogP contribution in [0.5, 0.6) is 0 Å². The van der Waals surface area contributed by atoms with Gasteiger partial charge in [-0.3, -0.25) is 9.89 Å². The van der Waals surface area contributed by atoms with Crippen molar-refractivity contribution < 1.29 is 4.74 Å². The predicted molar refractivity (Wildman–Crippen MR) is 129 cm³/mol. The molecule has 166 valence electrons. The first-order valence-corrected chi connectivity index (χ1v) is 11.0. The second kappa shape index (κ2) is 15.6. The summed E-state index contributed by atoms with van der Waals surface area (Å²) in [6.07, 6.45) is 2.44. The third kappa shape index (κ3) is 10.0. The molecule has 0 spiro atoms. The number of likely N-dealkylation sites (N-methyl/N-ethyl adjacent to an activating group) is 1. The number of hydrogen-bond donors (Lipinski definition) is 2. The summed E-state index contributed by atoms with van der Waals surface area (Å²) in [5.74, 6) is 0.953. The van der Waals surface area contributed by atoms with Crippen molar-refractivity contribution in [3.63, 3.8) is 0 Å². The van der Waals surface area contributed by atoms with Crippen LogP contribution in [0, 0.1) is 0 Å². The minimum absolute atomic E-state index is 0. The Morgan fingerprint density at radius 1 is 0.964 bits per heavy atom. The average molecular weight is 511 g/mol. The van der Waals surface area contributed by atoms with Crippen molar-refractivity contribution >= 4 is 29.9 Å². The number of nitrogens with one attached hydrogen (secondary N) is 2. The normalized spacial score (nSPS) is 21.2. The van der Waals surface area contributed by atoms with E-state index in [1.165, 1.54) is 52.1 Å². The molecule has 2 heterocycles. The van der Waals surface area contributed by atoms with E-state index in [0.717, 1.165) is 51.9 Å². The van der Waals surface area contributed by atoms with Gasteiger partial charge in [-0.05, 0) is 39.8 Å². The van der Waals surface area contributed by atoms with Gasteiger partial charge in [0.25, 0.3) is 0 Å². The Morgan fingerprint density at radius 2 is 1.64 bits per heavy atom. The van der Waals surface area contributed by atoms with Crippen LogP contribution in [0.3, 0.4) is 0 Å². The first-order chi connectivity index (χ1) is 13.2. The van der Waals surface area contributed by atoms with Crippen molar-refractivity contribution in [1.29, 1.82) is 0 Å². The van der Waals surface area contributed by atoms with Crippen molar-refractivity contribution in [1.82, 2.24) is 25.3 Å². The Bertz CT molecular complexity index is 412. The number of nitrogens with zero attached hydrogens (tertiary/aromatic N) is 4. The standard InChI is InChI=1S/C20H42N6O.HI/c1-4-21-20(23-18-19(3)26-14-16-27-17-15-26)22-8-6-7-9-25-12-10-24(5-2)11-13-25;/h19H,4-18H2,1-3H3,(H2,21,22,23);1H. The second-order valence-corrected chi connectivity index (χ2v) is 7.63. The van der Waals surface area contributed by atoms with Crippen LogP contribution in [0.4, 0.5) is 0 Å². The Morgan fingerprint density at radius 3 is 2.29 bits per heavy atom. The van der Waals surface area contributed by atoms with E-state index in [1.54, 1.807) is 0 Å². The van der Waals surface area contributed by atoms with Gasteiger partial charge in [0.15, 0.2) is 5.96 Å². The average Bonchev–Trinajstić information content (AvgIpc) is 2.72. The summed E-state index contributed by atoms with van der Waals surface area (Å²) >= 11 is 0. The van der Waals surface area contributed by atoms with Crippen LogP contribution in [0.2, 0.25) is 0 Å². The molecule has 0 aliphatic carbocycles. The molecular weight excluding hydrogens is 467 g/mol. The molecule has 0 saturated carbocycles. The maximum atomic E-state index is 5.44. The van der Waals surface area contributed by atoms with Crippen molar-refractivity contribution in [2.45, 2.75) is 39.7 Å². The molecular formula is C20H43IN6O. The highest BCUT2D eigenvalue weighted by atomic mass is 127. The smallest absolute Gasteiger partial charge is 0.191 e. The van der Waals surface area contributed by atoms with Gasteiger partial charge in [-0.1, -0.05) is 6.92 Å². The zero-order chi connectivity index (χ0) is 19.3. The van der Waals surface area contributed by atoms with Gasteiger partial charge in [-0.2, -0.15) is 0 Å². The lowest BCUT2D eigenvalue weighted by Gasteiger charge is -2.34. The highest BCUT2D eigenvalue weighted by Gasteiger charge is 2.17. The van der Waals surface area contributed by atoms with Gasteiger partial charge in [0.05, 0.1) is 19.8 Å². The maximum absolute atomic E-state index is 5.44. The third-order valence-corrected chi connectivity index (χ3v) is 5.63. The summed E-state index contributed by atoms with van der Waals surface area (Å²) in [6, 6.07) is 0.464. The fourth-order valence-electron chi connectivity index (χ4n) is 3.70. The number of morpholine rings is 1. The first-order valence-electron chi connectivity index (χ1n) is 11.0. The Kier molecular flexibility index (Phi) is 14.5. The van der Waals surface area contributed by atoms with E-state index < -0.39 is 0 Å². The van der Waals surface area contributed by atoms with Crippen molar-refractivity contribution in [2.75, 3.05) is 85.2 Å². The van der Waals surface area contributed by atoms with Gasteiger partial charge >= 0.3 is 0 Å². The third-order valence-electron chi connectivity index (χ3n) is 5.63. The van der Waals surface area contributed by atoms with E-state index in [9.17, 15) is 0 Å². The summed E-state index contributed by atoms with van der Waals surface area (Å²) < 4.78 is 5.44. The van der Waals surface area contributed by atoms with E-state index in [2.05, 4.69) is 46.1 Å². The van der Waals surface area contributed by atoms with Crippen LogP contribution in [0.15, 0.2) is 4.99 Å². The number of halogens is 1. The number of aliphatic imine (C=N–C) groups is 1. The molecule has 0 aromatic carbocycles. The highest BCUT2D eigenvalue weighted by Crippen LogP contribution is 2.04. The zero-order valence-corrected chi connectivity index (χ0v) is 20.6. The maximum Gasteiger partial charge on any atom is 0.191 e. The van der Waals surface area contributed by atoms with Gasteiger partial charge in [-0.15, -0.1) is 24.0 Å². The molecule has 0 amide bonds. The fourth-order valence-corrected chi connectivity index (χ4v) is 3.70. The fraction of sp³-hybridized carbons (Fsp3) is 0.950. The number of ether oxygens (including phenoxy) is 1. The molecule has 2 rings (SSSR count). The monoisotopic (exact) mass is 510 g/mol. The Labute approximate surface area is 189 Å². The molecule has 0 aromatic heterocycles. The van der Waals surface area contributed by atoms with Crippen molar-refractivity contribution in [2.24, 2.45) is 4.99 Å². The molecule has 0 aromatic rings. The number of guanidine groups is 1. The zero-order valence-electron chi connectivity index (χ0n) is 18.3. The summed E-state index contributed by atoms with van der Waals surface area (Å²) in [6.45, 7) is 20.4. The molecule has 2 N–H and O–H groups in total. The van der Waals surface area contributed by atoms with Crippen LogP contribution in [-0.4, -0.2) is 112 Å². The van der Waals surface area contributed by atoms with Gasteiger partial charge in [0.1, 0.15) is 0 Å². The van der Waals surface area contributed by atoms with Crippen molar-refractivity contribution in [3.8, 4) is 0 Å². The second-order valence-electron chi connectivity index (χ2n) is 7.63. The lowest BCUT2D eigenvalue weighted by Crippen LogP contribution is -2.46. The largest absolute Gasteiger partial charge is 0.379 e. The lowest BCUT2D eigenvalue weighted by atomic mass is 10.2. The van der Waals surface area contributed by atoms with Crippen LogP contribution in [-0.2, 0) is 4.74 Å². The highest BCUT2D eigenvalue weighted by molar-refractivity contribution is 14.0. The van der Waals surface area contributed by atoms with Gasteiger partial charge in [0, 0.05) is 58.4 Å². The Balaban J connectivity index is 0.00000392. The van der Waals surface area contributed by atoms with E-state index in [1.807, 2.05) is 0 Å². The van der Waals surface area contributed by atoms with E-state index >= 15 is 0 Å². The number of hydrogen-bond acceptors (Lipinski definition) is 5. The quantitative estimate of drug-likeness (QED) is 0.200. The Hall–Kier alpha value is -0.160. The van der Waals surface area contributed by atoms with E-state index in [0.29, 0.717) is 6.04 Å². The van der Waals surface area contributed by atoms with E-state index in [4.69, 9.17) is 9.73 Å². The molecule has 2 fully saturated rings. The van der Waals surface area contributed by atoms with Crippen LogP contribution in [0.1, 0.15) is 33.6 Å². The van der Waals surface area contributed by atoms with Gasteiger partial charge < -0.3 is 25.2 Å². The molecule has 2 aliphatic heterocycles. The molecule has 0 bridgehead atoms. The summed E-state index contributed by atoms with van der Waals surface area (Å²) in [4.78, 5) is 12.4. The topological polar surface area (TPSA) is 55.4 Å². The summed E-state index contributed by atoms with van der Waals surface area (Å²) in [7, 11) is 0. The lowest BCUT2D eigenvalue weighted by molar-refractivity contribution is 0.0220. The molecule has 8 heteroatoms. The van der Waals surface area contributed by atoms with Gasteiger partial charge in [0.2, 0.25) is 0 Å². The van der Waals surface area contributed by atoms with E-state index in [-0.39, 0.29) is 24.0 Å². The molecule has 0 radical (unpaired) electrons. The molecule has 7 nitrogen and oxygen atoms in total. The molecule has 2 aliphatic rings. The van der Waals surface area contributed by atoms with Crippen molar-refractivity contribution in [3.05, 3.63) is 0 Å². The minimum Gasteiger partial charge on any atom is -0.379 e. The number of rotatable bonds is 10. The SMILES string of the molecule is CCNC(=NCC(C)N1CCOCC1)NCCCCN1CCN(CC)CC1.I. The summed E-state index contributed by atoms with van der Waals surface area (Å²) in [5, 5.41) is 6.87. The molecule has 1 unspecified atom stereocenters. The predicted octanol–water partition coefficient (Wildman–Crippen LogP) is 1.30. The molecule has 1 atom stereocenters. The van der Waals surface area contributed by atoms with Gasteiger partial charge in [-0.25, -0.2) is 0 Å². The first kappa shape index (κ1) is 25.9. The molecule has 2 saturated heterocycles. The van der Waals surface area contributed by atoms with Crippen LogP contribution >= 0.6 is 24.0 Å². The minimum atomic E-state index is 0. The molecule has 28 heavy (non-hydrogen) atoms. The number of piperazine rings is 1. The number of unbranched alkanes of at least 4 members (excludes halogenated alkanes) is 1. The van der Waals surface area contributed by atoms with Crippen LogP contribution < -0.4 is 10.6 Å². The van der Waals surface area contributed by atoms with Crippen LogP contribution in [0.25, 0.3) is 0 Å². The summed E-state index contributed by atoms with van der Waals surface area (Å²) in [5.41, 5.74) is 0.